The second kappa shape index (κ2) is 5.38. The van der Waals surface area contributed by atoms with E-state index in [4.69, 9.17) is 0 Å². The van der Waals surface area contributed by atoms with E-state index in [1.165, 1.54) is 11.1 Å². The van der Waals surface area contributed by atoms with Gasteiger partial charge in [-0.15, -0.1) is 0 Å². The Bertz CT molecular complexity index is 621. The molecule has 1 aromatic carbocycles. The maximum absolute atomic E-state index is 11.8. The molecule has 1 aromatic heterocycles. The van der Waals surface area contributed by atoms with Crippen molar-refractivity contribution in [3.05, 3.63) is 51.7 Å². The number of nitrogens with zero attached hydrogens (tertiary/aromatic N) is 1. The van der Waals surface area contributed by atoms with E-state index >= 15 is 0 Å². The lowest BCUT2D eigenvalue weighted by molar-refractivity contribution is -0.117. The standard InChI is InChI=1S/C16H18N2OS/c1-3-17-16(12-6-7-20-10-12)11-4-5-14-13(8-11)9-15(19)18(14)2/h4-8,10,16-17H,3,9H2,1-2H3. The molecule has 3 nitrogen and oxygen atoms in total. The summed E-state index contributed by atoms with van der Waals surface area (Å²) in [5.41, 5.74) is 4.69. The van der Waals surface area contributed by atoms with Crippen LogP contribution in [0, 0.1) is 0 Å². The Balaban J connectivity index is 1.97. The predicted molar refractivity (Wildman–Crippen MR) is 83.4 cm³/mol. The maximum Gasteiger partial charge on any atom is 0.231 e. The number of fused-ring (bicyclic) bond motifs is 1. The van der Waals surface area contributed by atoms with Crippen LogP contribution >= 0.6 is 11.3 Å². The third-order valence-corrected chi connectivity index (χ3v) is 4.50. The third kappa shape index (κ3) is 2.25. The molecule has 1 amide bonds. The van der Waals surface area contributed by atoms with Gasteiger partial charge < -0.3 is 10.2 Å². The van der Waals surface area contributed by atoms with Crippen molar-refractivity contribution in [3.8, 4) is 0 Å². The topological polar surface area (TPSA) is 32.3 Å². The van der Waals surface area contributed by atoms with Gasteiger partial charge in [0, 0.05) is 12.7 Å². The molecule has 0 radical (unpaired) electrons. The number of carbonyl (C=O) groups is 1. The summed E-state index contributed by atoms with van der Waals surface area (Å²) in [4.78, 5) is 13.5. The van der Waals surface area contributed by atoms with Gasteiger partial charge in [-0.25, -0.2) is 0 Å². The van der Waals surface area contributed by atoms with Gasteiger partial charge in [0.2, 0.25) is 5.91 Å². The third-order valence-electron chi connectivity index (χ3n) is 3.80. The first kappa shape index (κ1) is 13.3. The number of hydrogen-bond donors (Lipinski definition) is 1. The number of carbonyl (C=O) groups excluding carboxylic acids is 1. The highest BCUT2D eigenvalue weighted by Gasteiger charge is 2.25. The minimum absolute atomic E-state index is 0.174. The number of likely N-dealkylation sites (N-methyl/N-ethyl adjacent to an activating group) is 1. The summed E-state index contributed by atoms with van der Waals surface area (Å²) in [6.07, 6.45) is 0.516. The molecule has 0 aliphatic carbocycles. The average molecular weight is 286 g/mol. The molecule has 4 heteroatoms. The van der Waals surface area contributed by atoms with Crippen LogP contribution in [0.1, 0.15) is 29.7 Å². The number of rotatable bonds is 4. The zero-order valence-corrected chi connectivity index (χ0v) is 12.5. The second-order valence-electron chi connectivity index (χ2n) is 5.07. The van der Waals surface area contributed by atoms with Crippen LogP contribution in [0.4, 0.5) is 5.69 Å². The number of anilines is 1. The van der Waals surface area contributed by atoms with Crippen LogP contribution in [0.2, 0.25) is 0 Å². The van der Waals surface area contributed by atoms with Gasteiger partial charge in [-0.1, -0.05) is 19.1 Å². The number of thiophene rings is 1. The molecule has 3 rings (SSSR count). The van der Waals surface area contributed by atoms with Crippen molar-refractivity contribution in [3.63, 3.8) is 0 Å². The van der Waals surface area contributed by atoms with Gasteiger partial charge in [-0.3, -0.25) is 4.79 Å². The highest BCUT2D eigenvalue weighted by Crippen LogP contribution is 2.32. The van der Waals surface area contributed by atoms with Crippen molar-refractivity contribution >= 4 is 22.9 Å². The first-order valence-electron chi connectivity index (χ1n) is 6.85. The van der Waals surface area contributed by atoms with E-state index in [-0.39, 0.29) is 11.9 Å². The molecule has 1 atom stereocenters. The number of hydrogen-bond acceptors (Lipinski definition) is 3. The van der Waals surface area contributed by atoms with Gasteiger partial charge in [0.05, 0.1) is 12.5 Å². The molecule has 0 fully saturated rings. The van der Waals surface area contributed by atoms with E-state index in [2.05, 4.69) is 47.3 Å². The van der Waals surface area contributed by atoms with E-state index in [1.807, 2.05) is 7.05 Å². The first-order chi connectivity index (χ1) is 9.70. The molecule has 1 aliphatic rings. The summed E-state index contributed by atoms with van der Waals surface area (Å²) >= 11 is 1.71. The molecule has 104 valence electrons. The van der Waals surface area contributed by atoms with Crippen LogP contribution in [-0.2, 0) is 11.2 Å². The fourth-order valence-corrected chi connectivity index (χ4v) is 3.43. The van der Waals surface area contributed by atoms with Crippen LogP contribution in [0.25, 0.3) is 0 Å². The van der Waals surface area contributed by atoms with Gasteiger partial charge in [0.1, 0.15) is 0 Å². The van der Waals surface area contributed by atoms with Gasteiger partial charge in [-0.2, -0.15) is 11.3 Å². The van der Waals surface area contributed by atoms with Crippen LogP contribution < -0.4 is 10.2 Å². The fraction of sp³-hybridized carbons (Fsp3) is 0.312. The highest BCUT2D eigenvalue weighted by atomic mass is 32.1. The molecule has 1 N–H and O–H groups in total. The van der Waals surface area contributed by atoms with Crippen molar-refractivity contribution in [1.82, 2.24) is 5.32 Å². The zero-order chi connectivity index (χ0) is 14.1. The Morgan fingerprint density at radius 1 is 1.35 bits per heavy atom. The summed E-state index contributed by atoms with van der Waals surface area (Å²) < 4.78 is 0. The predicted octanol–water partition coefficient (Wildman–Crippen LogP) is 2.97. The SMILES string of the molecule is CCNC(c1ccsc1)c1ccc2c(c1)CC(=O)N2C. The molecule has 1 aliphatic heterocycles. The van der Waals surface area contributed by atoms with Crippen molar-refractivity contribution in [2.75, 3.05) is 18.5 Å². The Hall–Kier alpha value is -1.65. The van der Waals surface area contributed by atoms with Crippen LogP contribution in [0.15, 0.2) is 35.0 Å². The van der Waals surface area contributed by atoms with Crippen molar-refractivity contribution in [2.24, 2.45) is 0 Å². The lowest BCUT2D eigenvalue weighted by atomic mass is 9.98. The summed E-state index contributed by atoms with van der Waals surface area (Å²) in [5.74, 6) is 0.174. The Morgan fingerprint density at radius 2 is 2.20 bits per heavy atom. The van der Waals surface area contributed by atoms with Crippen molar-refractivity contribution in [1.29, 1.82) is 0 Å². The smallest absolute Gasteiger partial charge is 0.231 e. The normalized spacial score (nSPS) is 15.5. The maximum atomic E-state index is 11.8. The van der Waals surface area contributed by atoms with Gasteiger partial charge >= 0.3 is 0 Å². The molecule has 0 saturated heterocycles. The van der Waals surface area contributed by atoms with Crippen LogP contribution in [-0.4, -0.2) is 19.5 Å². The summed E-state index contributed by atoms with van der Waals surface area (Å²) in [6, 6.07) is 8.72. The molecule has 1 unspecified atom stereocenters. The highest BCUT2D eigenvalue weighted by molar-refractivity contribution is 7.08. The second-order valence-corrected chi connectivity index (χ2v) is 5.85. The largest absolute Gasteiger partial charge is 0.315 e. The molecule has 2 heterocycles. The Morgan fingerprint density at radius 3 is 2.90 bits per heavy atom. The lowest BCUT2D eigenvalue weighted by Gasteiger charge is -2.19. The molecule has 0 spiro atoms. The van der Waals surface area contributed by atoms with Gasteiger partial charge in [-0.05, 0) is 46.1 Å². The fourth-order valence-electron chi connectivity index (χ4n) is 2.74. The number of nitrogens with one attached hydrogen (secondary N) is 1. The molecule has 0 bridgehead atoms. The molecular weight excluding hydrogens is 268 g/mol. The molecular formula is C16H18N2OS. The number of amides is 1. The minimum Gasteiger partial charge on any atom is -0.315 e. The molecule has 20 heavy (non-hydrogen) atoms. The quantitative estimate of drug-likeness (QED) is 0.937. The summed E-state index contributed by atoms with van der Waals surface area (Å²) in [6.45, 7) is 3.03. The number of benzene rings is 1. The zero-order valence-electron chi connectivity index (χ0n) is 11.7. The van der Waals surface area contributed by atoms with E-state index in [9.17, 15) is 4.79 Å². The van der Waals surface area contributed by atoms with Crippen LogP contribution in [0.5, 0.6) is 0 Å². The molecule has 0 saturated carbocycles. The summed E-state index contributed by atoms with van der Waals surface area (Å²) in [7, 11) is 1.84. The molecule has 2 aromatic rings. The monoisotopic (exact) mass is 286 g/mol. The average Bonchev–Trinajstić information content (AvgIpc) is 3.06. The first-order valence-corrected chi connectivity index (χ1v) is 7.80. The van der Waals surface area contributed by atoms with Crippen molar-refractivity contribution in [2.45, 2.75) is 19.4 Å². The van der Waals surface area contributed by atoms with E-state index in [0.29, 0.717) is 6.42 Å². The van der Waals surface area contributed by atoms with Crippen LogP contribution in [0.3, 0.4) is 0 Å². The Kier molecular flexibility index (Phi) is 3.59. The van der Waals surface area contributed by atoms with Gasteiger partial charge in [0.15, 0.2) is 0 Å². The van der Waals surface area contributed by atoms with Crippen molar-refractivity contribution < 1.29 is 4.79 Å². The van der Waals surface area contributed by atoms with E-state index in [1.54, 1.807) is 16.2 Å². The van der Waals surface area contributed by atoms with E-state index < -0.39 is 0 Å². The summed E-state index contributed by atoms with van der Waals surface area (Å²) in [5, 5.41) is 7.80. The minimum atomic E-state index is 0.174. The lowest BCUT2D eigenvalue weighted by Crippen LogP contribution is -2.21. The Labute approximate surface area is 123 Å². The van der Waals surface area contributed by atoms with Gasteiger partial charge in [0.25, 0.3) is 0 Å². The van der Waals surface area contributed by atoms with E-state index in [0.717, 1.165) is 17.8 Å².